The average Bonchev–Trinajstić information content (AvgIpc) is 2.88. The zero-order valence-electron chi connectivity index (χ0n) is 13.2. The van der Waals surface area contributed by atoms with Crippen LogP contribution in [0.4, 0.5) is 10.1 Å². The van der Waals surface area contributed by atoms with Gasteiger partial charge in [0, 0.05) is 12.2 Å². The summed E-state index contributed by atoms with van der Waals surface area (Å²) in [5.41, 5.74) is 4.52. The Morgan fingerprint density at radius 3 is 2.70 bits per heavy atom. The Morgan fingerprint density at radius 1 is 1.17 bits per heavy atom. The lowest BCUT2D eigenvalue weighted by Gasteiger charge is -2.08. The molecule has 0 unspecified atom stereocenters. The number of fused-ring (bicyclic) bond motifs is 1. The van der Waals surface area contributed by atoms with E-state index in [2.05, 4.69) is 22.4 Å². The molecule has 0 heterocycles. The van der Waals surface area contributed by atoms with E-state index in [1.807, 2.05) is 13.0 Å². The fourth-order valence-electron chi connectivity index (χ4n) is 2.92. The molecule has 0 bridgehead atoms. The number of nitrogens with zero attached hydrogens (tertiary/aromatic N) is 1. The Balaban J connectivity index is 1.55. The highest BCUT2D eigenvalue weighted by Crippen LogP contribution is 2.25. The summed E-state index contributed by atoms with van der Waals surface area (Å²) in [6, 6.07) is 12.7. The summed E-state index contributed by atoms with van der Waals surface area (Å²) in [4.78, 5) is 4.51. The van der Waals surface area contributed by atoms with Crippen LogP contribution < -0.4 is 5.32 Å². The van der Waals surface area contributed by atoms with Crippen LogP contribution in [0, 0.1) is 5.82 Å². The van der Waals surface area contributed by atoms with Gasteiger partial charge in [0.15, 0.2) is 0 Å². The minimum atomic E-state index is -0.245. The number of hydrogen-bond donors (Lipinski definition) is 2. The van der Waals surface area contributed by atoms with Gasteiger partial charge in [-0.25, -0.2) is 4.39 Å². The lowest BCUT2D eigenvalue weighted by atomic mass is 10.1. The van der Waals surface area contributed by atoms with Crippen molar-refractivity contribution < 1.29 is 9.50 Å². The molecule has 2 aromatic carbocycles. The molecule has 1 atom stereocenters. The van der Waals surface area contributed by atoms with E-state index in [1.165, 1.54) is 23.3 Å². The molecule has 0 fully saturated rings. The molecule has 0 saturated heterocycles. The van der Waals surface area contributed by atoms with Gasteiger partial charge in [-0.1, -0.05) is 18.2 Å². The first-order valence-electron chi connectivity index (χ1n) is 7.92. The summed E-state index contributed by atoms with van der Waals surface area (Å²) in [6.45, 7) is 2.60. The van der Waals surface area contributed by atoms with E-state index < -0.39 is 0 Å². The molecule has 0 amide bonds. The molecular weight excluding hydrogens is 291 g/mol. The normalized spacial score (nSPS) is 17.2. The monoisotopic (exact) mass is 312 g/mol. The summed E-state index contributed by atoms with van der Waals surface area (Å²) < 4.78 is 12.8. The maximum Gasteiger partial charge on any atom is 0.123 e. The van der Waals surface area contributed by atoms with Gasteiger partial charge in [0.05, 0.1) is 11.9 Å². The number of halogens is 1. The second-order valence-corrected chi connectivity index (χ2v) is 6.01. The van der Waals surface area contributed by atoms with Crippen LogP contribution in [-0.2, 0) is 19.3 Å². The molecule has 1 aliphatic carbocycles. The predicted octanol–water partition coefficient (Wildman–Crippen LogP) is 3.36. The van der Waals surface area contributed by atoms with Gasteiger partial charge >= 0.3 is 0 Å². The molecule has 0 aromatic heterocycles. The van der Waals surface area contributed by atoms with E-state index in [4.69, 9.17) is 0 Å². The van der Waals surface area contributed by atoms with E-state index >= 15 is 0 Å². The van der Waals surface area contributed by atoms with E-state index in [0.717, 1.165) is 36.3 Å². The van der Waals surface area contributed by atoms with Gasteiger partial charge in [0.1, 0.15) is 5.82 Å². The van der Waals surface area contributed by atoms with Gasteiger partial charge in [-0.2, -0.15) is 0 Å². The molecule has 3 rings (SSSR count). The summed E-state index contributed by atoms with van der Waals surface area (Å²) >= 11 is 0. The van der Waals surface area contributed by atoms with Gasteiger partial charge in [-0.05, 0) is 67.1 Å². The van der Waals surface area contributed by atoms with Gasteiger partial charge in [0.25, 0.3) is 0 Å². The zero-order valence-corrected chi connectivity index (χ0v) is 13.2. The van der Waals surface area contributed by atoms with Crippen molar-refractivity contribution in [2.24, 2.45) is 4.99 Å². The number of rotatable bonds is 4. The van der Waals surface area contributed by atoms with Crippen molar-refractivity contribution >= 4 is 11.5 Å². The maximum absolute atomic E-state index is 12.8. The van der Waals surface area contributed by atoms with Crippen LogP contribution in [-0.4, -0.2) is 23.6 Å². The summed E-state index contributed by atoms with van der Waals surface area (Å²) in [6.07, 6.45) is 2.02. The highest BCUT2D eigenvalue weighted by Gasteiger charge is 2.19. The fourth-order valence-corrected chi connectivity index (χ4v) is 2.92. The Bertz CT molecular complexity index is 710. The third-order valence-electron chi connectivity index (χ3n) is 4.11. The maximum atomic E-state index is 12.8. The highest BCUT2D eigenvalue weighted by atomic mass is 19.1. The van der Waals surface area contributed by atoms with Crippen molar-refractivity contribution in [2.45, 2.75) is 32.3 Å². The topological polar surface area (TPSA) is 44.6 Å². The van der Waals surface area contributed by atoms with E-state index in [9.17, 15) is 9.50 Å². The van der Waals surface area contributed by atoms with E-state index in [-0.39, 0.29) is 11.9 Å². The van der Waals surface area contributed by atoms with E-state index in [0.29, 0.717) is 6.54 Å². The number of aliphatic imine (C=N–C) groups is 1. The fraction of sp³-hybridized carbons (Fsp3) is 0.316. The number of hydrogen-bond acceptors (Lipinski definition) is 2. The SMILES string of the molecule is CC(=NCCc1ccc(F)cc1)Nc1ccc2c(c1)C[C@H](O)C2. The second kappa shape index (κ2) is 6.92. The minimum Gasteiger partial charge on any atom is -0.392 e. The molecule has 0 aliphatic heterocycles. The van der Waals surface area contributed by atoms with Crippen LogP contribution in [0.2, 0.25) is 0 Å². The van der Waals surface area contributed by atoms with Crippen molar-refractivity contribution in [3.8, 4) is 0 Å². The molecule has 0 spiro atoms. The van der Waals surface area contributed by atoms with Crippen molar-refractivity contribution in [3.05, 3.63) is 65.0 Å². The Labute approximate surface area is 135 Å². The third-order valence-corrected chi connectivity index (χ3v) is 4.11. The standard InChI is InChI=1S/C19H21FN2O/c1-13(21-9-8-14-2-5-17(20)6-3-14)22-18-7-4-15-11-19(23)12-16(15)10-18/h2-7,10,19,23H,8-9,11-12H2,1H3,(H,21,22)/t19-/m1/s1. The minimum absolute atomic E-state index is 0.211. The molecular formula is C19H21FN2O. The largest absolute Gasteiger partial charge is 0.392 e. The first kappa shape index (κ1) is 15.7. The highest BCUT2D eigenvalue weighted by molar-refractivity contribution is 5.93. The molecule has 1 aliphatic rings. The number of anilines is 1. The van der Waals surface area contributed by atoms with Crippen LogP contribution in [0.5, 0.6) is 0 Å². The van der Waals surface area contributed by atoms with Gasteiger partial charge in [0.2, 0.25) is 0 Å². The van der Waals surface area contributed by atoms with Gasteiger partial charge in [-0.3, -0.25) is 4.99 Å². The van der Waals surface area contributed by atoms with Crippen LogP contribution in [0.1, 0.15) is 23.6 Å². The smallest absolute Gasteiger partial charge is 0.123 e. The zero-order chi connectivity index (χ0) is 16.2. The van der Waals surface area contributed by atoms with Crippen LogP contribution in [0.3, 0.4) is 0 Å². The summed E-state index contributed by atoms with van der Waals surface area (Å²) in [5, 5.41) is 13.0. The van der Waals surface area contributed by atoms with Crippen LogP contribution in [0.25, 0.3) is 0 Å². The number of aliphatic hydroxyl groups excluding tert-OH is 1. The number of amidine groups is 1. The quantitative estimate of drug-likeness (QED) is 0.671. The predicted molar refractivity (Wildman–Crippen MR) is 91.6 cm³/mol. The second-order valence-electron chi connectivity index (χ2n) is 6.01. The first-order chi connectivity index (χ1) is 11.1. The number of nitrogens with one attached hydrogen (secondary N) is 1. The van der Waals surface area contributed by atoms with E-state index in [1.54, 1.807) is 12.1 Å². The molecule has 120 valence electrons. The third kappa shape index (κ3) is 4.17. The average molecular weight is 312 g/mol. The molecule has 2 N–H and O–H groups in total. The number of aliphatic hydroxyl groups is 1. The van der Waals surface area contributed by atoms with Crippen molar-refractivity contribution in [3.63, 3.8) is 0 Å². The molecule has 0 saturated carbocycles. The molecule has 0 radical (unpaired) electrons. The lowest BCUT2D eigenvalue weighted by Crippen LogP contribution is -2.09. The molecule has 4 heteroatoms. The van der Waals surface area contributed by atoms with Crippen LogP contribution in [0.15, 0.2) is 47.5 Å². The van der Waals surface area contributed by atoms with Crippen LogP contribution >= 0.6 is 0 Å². The molecule has 23 heavy (non-hydrogen) atoms. The molecule has 3 nitrogen and oxygen atoms in total. The van der Waals surface area contributed by atoms with Gasteiger partial charge in [-0.15, -0.1) is 0 Å². The van der Waals surface area contributed by atoms with Crippen molar-refractivity contribution in [1.29, 1.82) is 0 Å². The lowest BCUT2D eigenvalue weighted by molar-refractivity contribution is 0.187. The number of benzene rings is 2. The summed E-state index contributed by atoms with van der Waals surface area (Å²) in [7, 11) is 0. The Hall–Kier alpha value is -2.20. The van der Waals surface area contributed by atoms with Crippen molar-refractivity contribution in [1.82, 2.24) is 0 Å². The Morgan fingerprint density at radius 2 is 1.91 bits per heavy atom. The first-order valence-corrected chi connectivity index (χ1v) is 7.92. The van der Waals surface area contributed by atoms with Gasteiger partial charge < -0.3 is 10.4 Å². The summed E-state index contributed by atoms with van der Waals surface area (Å²) in [5.74, 6) is 0.641. The Kier molecular flexibility index (Phi) is 4.72. The molecule has 2 aromatic rings. The van der Waals surface area contributed by atoms with Crippen molar-refractivity contribution in [2.75, 3.05) is 11.9 Å².